The van der Waals surface area contributed by atoms with E-state index in [0.29, 0.717) is 24.1 Å². The zero-order valence-corrected chi connectivity index (χ0v) is 15.1. The van der Waals surface area contributed by atoms with Gasteiger partial charge in [-0.25, -0.2) is 4.98 Å². The first-order valence-corrected chi connectivity index (χ1v) is 9.10. The van der Waals surface area contributed by atoms with Crippen molar-refractivity contribution in [3.63, 3.8) is 0 Å². The SMILES string of the molecule is CC(C)CCN(CCC(C)C)C(=O)Cc1nc(CCl)cs1. The van der Waals surface area contributed by atoms with Crippen LogP contribution < -0.4 is 0 Å². The second kappa shape index (κ2) is 9.42. The van der Waals surface area contributed by atoms with E-state index in [0.717, 1.165) is 36.6 Å². The number of hydrogen-bond donors (Lipinski definition) is 0. The van der Waals surface area contributed by atoms with Crippen LogP contribution in [0.3, 0.4) is 0 Å². The van der Waals surface area contributed by atoms with Crippen molar-refractivity contribution < 1.29 is 4.79 Å². The lowest BCUT2D eigenvalue weighted by molar-refractivity contribution is -0.130. The summed E-state index contributed by atoms with van der Waals surface area (Å²) in [6, 6.07) is 0. The molecule has 21 heavy (non-hydrogen) atoms. The predicted octanol–water partition coefficient (Wildman–Crippen LogP) is 4.35. The van der Waals surface area contributed by atoms with Crippen LogP contribution in [0.15, 0.2) is 5.38 Å². The third-order valence-corrected chi connectivity index (χ3v) is 4.52. The monoisotopic (exact) mass is 330 g/mol. The van der Waals surface area contributed by atoms with E-state index >= 15 is 0 Å². The molecule has 1 amide bonds. The molecule has 0 radical (unpaired) electrons. The standard InChI is InChI=1S/C16H27ClN2OS/c1-12(2)5-7-19(8-6-13(3)4)16(20)9-15-18-14(10-17)11-21-15/h11-13H,5-10H2,1-4H3. The number of thiazole rings is 1. The Morgan fingerprint density at radius 2 is 1.81 bits per heavy atom. The molecule has 1 aromatic heterocycles. The number of carbonyl (C=O) groups is 1. The fourth-order valence-electron chi connectivity index (χ4n) is 1.92. The molecule has 0 aromatic carbocycles. The van der Waals surface area contributed by atoms with Crippen LogP contribution in [0, 0.1) is 11.8 Å². The third kappa shape index (κ3) is 7.28. The molecule has 5 heteroatoms. The second-order valence-corrected chi connectivity index (χ2v) is 7.50. The van der Waals surface area contributed by atoms with E-state index in [1.54, 1.807) is 0 Å². The van der Waals surface area contributed by atoms with E-state index in [9.17, 15) is 4.79 Å². The summed E-state index contributed by atoms with van der Waals surface area (Å²) in [5, 5.41) is 2.80. The first-order valence-electron chi connectivity index (χ1n) is 7.69. The van der Waals surface area contributed by atoms with Crippen LogP contribution in [-0.2, 0) is 17.1 Å². The fraction of sp³-hybridized carbons (Fsp3) is 0.750. The van der Waals surface area contributed by atoms with Gasteiger partial charge in [-0.1, -0.05) is 27.7 Å². The molecule has 1 rings (SSSR count). The predicted molar refractivity (Wildman–Crippen MR) is 90.9 cm³/mol. The van der Waals surface area contributed by atoms with Crippen molar-refractivity contribution in [2.75, 3.05) is 13.1 Å². The Kier molecular flexibility index (Phi) is 8.27. The third-order valence-electron chi connectivity index (χ3n) is 3.34. The molecule has 0 unspecified atom stereocenters. The molecule has 0 atom stereocenters. The Labute approximate surface area is 137 Å². The van der Waals surface area contributed by atoms with Gasteiger partial charge in [0.2, 0.25) is 5.91 Å². The average Bonchev–Trinajstić information content (AvgIpc) is 2.85. The fourth-order valence-corrected chi connectivity index (χ4v) is 2.94. The summed E-state index contributed by atoms with van der Waals surface area (Å²) < 4.78 is 0. The highest BCUT2D eigenvalue weighted by Gasteiger charge is 2.16. The van der Waals surface area contributed by atoms with Crippen LogP contribution in [0.2, 0.25) is 0 Å². The zero-order valence-electron chi connectivity index (χ0n) is 13.6. The highest BCUT2D eigenvalue weighted by molar-refractivity contribution is 7.09. The minimum Gasteiger partial charge on any atom is -0.342 e. The quantitative estimate of drug-likeness (QED) is 0.631. The number of alkyl halides is 1. The van der Waals surface area contributed by atoms with E-state index < -0.39 is 0 Å². The van der Waals surface area contributed by atoms with Crippen LogP contribution in [0.1, 0.15) is 51.2 Å². The summed E-state index contributed by atoms with van der Waals surface area (Å²) in [6.07, 6.45) is 2.50. The lowest BCUT2D eigenvalue weighted by Gasteiger charge is -2.24. The van der Waals surface area contributed by atoms with E-state index in [4.69, 9.17) is 11.6 Å². The molecule has 0 saturated heterocycles. The number of nitrogens with zero attached hydrogens (tertiary/aromatic N) is 2. The van der Waals surface area contributed by atoms with Gasteiger partial charge in [-0.3, -0.25) is 4.79 Å². The van der Waals surface area contributed by atoms with Gasteiger partial charge >= 0.3 is 0 Å². The maximum absolute atomic E-state index is 12.5. The van der Waals surface area contributed by atoms with Crippen molar-refractivity contribution >= 4 is 28.8 Å². The Balaban J connectivity index is 2.59. The lowest BCUT2D eigenvalue weighted by atomic mass is 10.1. The summed E-state index contributed by atoms with van der Waals surface area (Å²) in [5.74, 6) is 1.82. The number of aromatic nitrogens is 1. The Hall–Kier alpha value is -0.610. The molecular formula is C16H27ClN2OS. The van der Waals surface area contributed by atoms with E-state index in [1.165, 1.54) is 11.3 Å². The summed E-state index contributed by atoms with van der Waals surface area (Å²) in [5.41, 5.74) is 0.861. The highest BCUT2D eigenvalue weighted by atomic mass is 35.5. The van der Waals surface area contributed by atoms with Gasteiger partial charge in [-0.05, 0) is 24.7 Å². The van der Waals surface area contributed by atoms with E-state index in [2.05, 4.69) is 32.7 Å². The van der Waals surface area contributed by atoms with Gasteiger partial charge in [-0.2, -0.15) is 0 Å². The molecule has 0 aliphatic carbocycles. The number of amides is 1. The minimum absolute atomic E-state index is 0.187. The van der Waals surface area contributed by atoms with Crippen molar-refractivity contribution in [1.82, 2.24) is 9.88 Å². The first kappa shape index (κ1) is 18.4. The molecule has 0 bridgehead atoms. The average molecular weight is 331 g/mol. The van der Waals surface area contributed by atoms with Crippen molar-refractivity contribution in [1.29, 1.82) is 0 Å². The van der Waals surface area contributed by atoms with Crippen molar-refractivity contribution in [2.45, 2.75) is 52.8 Å². The highest BCUT2D eigenvalue weighted by Crippen LogP contribution is 2.14. The van der Waals surface area contributed by atoms with Crippen molar-refractivity contribution in [2.24, 2.45) is 11.8 Å². The molecule has 1 aromatic rings. The Morgan fingerprint density at radius 3 is 2.24 bits per heavy atom. The summed E-state index contributed by atoms with van der Waals surface area (Å²) >= 11 is 7.28. The minimum atomic E-state index is 0.187. The van der Waals surface area contributed by atoms with Gasteiger partial charge in [0.15, 0.2) is 0 Å². The molecule has 0 saturated carbocycles. The maximum atomic E-state index is 12.5. The van der Waals surface area contributed by atoms with Crippen LogP contribution >= 0.6 is 22.9 Å². The molecule has 0 spiro atoms. The van der Waals surface area contributed by atoms with Gasteiger partial charge < -0.3 is 4.90 Å². The van der Waals surface area contributed by atoms with Crippen LogP contribution in [-0.4, -0.2) is 28.9 Å². The number of rotatable bonds is 9. The summed E-state index contributed by atoms with van der Waals surface area (Å²) in [4.78, 5) is 18.9. The molecule has 0 fully saturated rings. The molecule has 1 heterocycles. The molecular weight excluding hydrogens is 304 g/mol. The molecule has 3 nitrogen and oxygen atoms in total. The van der Waals surface area contributed by atoms with Crippen LogP contribution in [0.4, 0.5) is 0 Å². The first-order chi connectivity index (χ1) is 9.92. The summed E-state index contributed by atoms with van der Waals surface area (Å²) in [6.45, 7) is 10.5. The Morgan fingerprint density at radius 1 is 1.24 bits per heavy atom. The van der Waals surface area contributed by atoms with Crippen LogP contribution in [0.25, 0.3) is 0 Å². The summed E-state index contributed by atoms with van der Waals surface area (Å²) in [7, 11) is 0. The largest absolute Gasteiger partial charge is 0.342 e. The topological polar surface area (TPSA) is 33.2 Å². The van der Waals surface area contributed by atoms with Gasteiger partial charge in [0.25, 0.3) is 0 Å². The maximum Gasteiger partial charge on any atom is 0.229 e. The number of halogens is 1. The van der Waals surface area contributed by atoms with Gasteiger partial charge in [-0.15, -0.1) is 22.9 Å². The lowest BCUT2D eigenvalue weighted by Crippen LogP contribution is -2.35. The Bertz CT molecular complexity index is 420. The van der Waals surface area contributed by atoms with Gasteiger partial charge in [0, 0.05) is 18.5 Å². The molecule has 120 valence electrons. The molecule has 0 aliphatic rings. The van der Waals surface area contributed by atoms with E-state index in [-0.39, 0.29) is 5.91 Å². The van der Waals surface area contributed by atoms with Crippen molar-refractivity contribution in [3.05, 3.63) is 16.1 Å². The smallest absolute Gasteiger partial charge is 0.229 e. The molecule has 0 aliphatic heterocycles. The normalized spacial score (nSPS) is 11.4. The number of carbonyl (C=O) groups excluding carboxylic acids is 1. The van der Waals surface area contributed by atoms with Crippen LogP contribution in [0.5, 0.6) is 0 Å². The zero-order chi connectivity index (χ0) is 15.8. The number of hydrogen-bond acceptors (Lipinski definition) is 3. The van der Waals surface area contributed by atoms with Gasteiger partial charge in [0.05, 0.1) is 18.0 Å². The molecule has 0 N–H and O–H groups in total. The van der Waals surface area contributed by atoms with E-state index in [1.807, 2.05) is 10.3 Å². The van der Waals surface area contributed by atoms with Gasteiger partial charge in [0.1, 0.15) is 5.01 Å². The second-order valence-electron chi connectivity index (χ2n) is 6.29. The van der Waals surface area contributed by atoms with Crippen molar-refractivity contribution in [3.8, 4) is 0 Å².